The number of aryl methyl sites for hydroxylation is 1. The van der Waals surface area contributed by atoms with Crippen LogP contribution in [0.2, 0.25) is 0 Å². The van der Waals surface area contributed by atoms with Gasteiger partial charge in [-0.1, -0.05) is 0 Å². The highest BCUT2D eigenvalue weighted by Gasteiger charge is 2.30. The van der Waals surface area contributed by atoms with Gasteiger partial charge in [-0.3, -0.25) is 9.36 Å². The van der Waals surface area contributed by atoms with Gasteiger partial charge in [-0.05, 0) is 6.42 Å². The molecule has 1 aromatic heterocycles. The summed E-state index contributed by atoms with van der Waals surface area (Å²) < 4.78 is 6.03. The molecule has 1 aliphatic rings. The summed E-state index contributed by atoms with van der Waals surface area (Å²) in [5.41, 5.74) is -0.192. The molecule has 0 saturated carbocycles. The van der Waals surface area contributed by atoms with Crippen molar-refractivity contribution in [2.24, 2.45) is 0 Å². The summed E-state index contributed by atoms with van der Waals surface area (Å²) in [6.07, 6.45) is 2.71. The van der Waals surface area contributed by atoms with E-state index in [-0.39, 0.29) is 11.5 Å². The van der Waals surface area contributed by atoms with Crippen LogP contribution in [0.4, 0.5) is 0 Å². The van der Waals surface area contributed by atoms with Crippen LogP contribution >= 0.6 is 0 Å². The van der Waals surface area contributed by atoms with Gasteiger partial charge in [0.05, 0.1) is 7.11 Å². The van der Waals surface area contributed by atoms with Crippen molar-refractivity contribution >= 4 is 5.97 Å². The predicted octanol–water partition coefficient (Wildman–Crippen LogP) is -0.0964. The first-order chi connectivity index (χ1) is 6.74. The first-order valence-electron chi connectivity index (χ1n) is 4.38. The lowest BCUT2D eigenvalue weighted by atomic mass is 10.2. The number of aromatic nitrogens is 2. The standard InChI is InChI=1S/C9H10N2O3/c1-14-9(13)6-2-3-7-10-5-4-8(12)11(6)7/h4-6H,2-3H2,1H3/t6-/m1/s1. The molecule has 2 heterocycles. The van der Waals surface area contributed by atoms with Gasteiger partial charge >= 0.3 is 5.97 Å². The highest BCUT2D eigenvalue weighted by atomic mass is 16.5. The minimum Gasteiger partial charge on any atom is -0.467 e. The summed E-state index contributed by atoms with van der Waals surface area (Å²) >= 11 is 0. The first-order valence-corrected chi connectivity index (χ1v) is 4.38. The van der Waals surface area contributed by atoms with E-state index in [1.807, 2.05) is 0 Å². The Bertz CT molecular complexity index is 424. The molecule has 0 fully saturated rings. The number of rotatable bonds is 1. The van der Waals surface area contributed by atoms with Gasteiger partial charge in [0.25, 0.3) is 5.56 Å². The zero-order valence-corrected chi connectivity index (χ0v) is 7.77. The quantitative estimate of drug-likeness (QED) is 0.586. The van der Waals surface area contributed by atoms with Crippen LogP contribution in [0, 0.1) is 0 Å². The Kier molecular flexibility index (Phi) is 2.07. The van der Waals surface area contributed by atoms with Crippen molar-refractivity contribution in [1.29, 1.82) is 0 Å². The highest BCUT2D eigenvalue weighted by Crippen LogP contribution is 2.22. The van der Waals surface area contributed by atoms with Crippen LogP contribution in [-0.4, -0.2) is 22.6 Å². The molecular weight excluding hydrogens is 184 g/mol. The number of methoxy groups -OCH3 is 1. The largest absolute Gasteiger partial charge is 0.467 e. The molecule has 0 N–H and O–H groups in total. The maximum atomic E-state index is 11.5. The summed E-state index contributed by atoms with van der Waals surface area (Å²) in [6, 6.07) is 0.862. The molecule has 5 heteroatoms. The van der Waals surface area contributed by atoms with E-state index in [0.717, 1.165) is 0 Å². The molecule has 0 saturated heterocycles. The van der Waals surface area contributed by atoms with Crippen molar-refractivity contribution in [2.75, 3.05) is 7.11 Å². The average molecular weight is 194 g/mol. The van der Waals surface area contributed by atoms with Crippen molar-refractivity contribution in [3.8, 4) is 0 Å². The van der Waals surface area contributed by atoms with Crippen LogP contribution in [0.1, 0.15) is 18.3 Å². The van der Waals surface area contributed by atoms with E-state index < -0.39 is 6.04 Å². The topological polar surface area (TPSA) is 61.2 Å². The molecular formula is C9H10N2O3. The van der Waals surface area contributed by atoms with Gasteiger partial charge in [0.15, 0.2) is 0 Å². The summed E-state index contributed by atoms with van der Waals surface area (Å²) in [6.45, 7) is 0. The number of esters is 1. The lowest BCUT2D eigenvalue weighted by molar-refractivity contribution is -0.144. The normalized spacial score (nSPS) is 19.1. The van der Waals surface area contributed by atoms with Gasteiger partial charge in [-0.25, -0.2) is 9.78 Å². The van der Waals surface area contributed by atoms with Crippen molar-refractivity contribution in [3.05, 3.63) is 28.4 Å². The lowest BCUT2D eigenvalue weighted by Crippen LogP contribution is -2.28. The average Bonchev–Trinajstić information content (AvgIpc) is 2.62. The minimum atomic E-state index is -0.490. The smallest absolute Gasteiger partial charge is 0.329 e. The Labute approximate surface area is 80.3 Å². The first kappa shape index (κ1) is 8.93. The van der Waals surface area contributed by atoms with E-state index in [9.17, 15) is 9.59 Å². The predicted molar refractivity (Wildman–Crippen MR) is 47.9 cm³/mol. The van der Waals surface area contributed by atoms with Gasteiger partial charge in [0, 0.05) is 18.7 Å². The third-order valence-electron chi connectivity index (χ3n) is 2.38. The number of hydrogen-bond donors (Lipinski definition) is 0. The molecule has 0 spiro atoms. The monoisotopic (exact) mass is 194 g/mol. The zero-order chi connectivity index (χ0) is 10.1. The van der Waals surface area contributed by atoms with Crippen LogP contribution in [0.15, 0.2) is 17.1 Å². The van der Waals surface area contributed by atoms with E-state index in [1.165, 1.54) is 23.9 Å². The zero-order valence-electron chi connectivity index (χ0n) is 7.77. The maximum absolute atomic E-state index is 11.5. The van der Waals surface area contributed by atoms with Gasteiger partial charge in [-0.2, -0.15) is 0 Å². The molecule has 0 bridgehead atoms. The number of fused-ring (bicyclic) bond motifs is 1. The van der Waals surface area contributed by atoms with Gasteiger partial charge in [-0.15, -0.1) is 0 Å². The second kappa shape index (κ2) is 3.25. The molecule has 1 atom stereocenters. The Morgan fingerprint density at radius 1 is 1.71 bits per heavy atom. The van der Waals surface area contributed by atoms with Gasteiger partial charge in [0.2, 0.25) is 0 Å². The molecule has 74 valence electrons. The molecule has 0 radical (unpaired) electrons. The third kappa shape index (κ3) is 1.21. The van der Waals surface area contributed by atoms with Crippen molar-refractivity contribution in [2.45, 2.75) is 18.9 Å². The third-order valence-corrected chi connectivity index (χ3v) is 2.38. The van der Waals surface area contributed by atoms with Crippen LogP contribution in [-0.2, 0) is 16.0 Å². The summed E-state index contributed by atoms with van der Waals surface area (Å²) in [5, 5.41) is 0. The SMILES string of the molecule is COC(=O)[C@H]1CCc2nccc(=O)n21. The fourth-order valence-electron chi connectivity index (χ4n) is 1.73. The molecule has 0 unspecified atom stereocenters. The van der Waals surface area contributed by atoms with Crippen molar-refractivity contribution in [1.82, 2.24) is 9.55 Å². The Balaban J connectivity index is 2.48. The Hall–Kier alpha value is -1.65. The Morgan fingerprint density at radius 2 is 2.50 bits per heavy atom. The van der Waals surface area contributed by atoms with Crippen molar-refractivity contribution in [3.63, 3.8) is 0 Å². The molecule has 1 aromatic rings. The summed E-state index contributed by atoms with van der Waals surface area (Å²) in [4.78, 5) is 26.8. The van der Waals surface area contributed by atoms with E-state index in [0.29, 0.717) is 18.7 Å². The fraction of sp³-hybridized carbons (Fsp3) is 0.444. The molecule has 0 amide bonds. The molecule has 5 nitrogen and oxygen atoms in total. The van der Waals surface area contributed by atoms with Crippen molar-refractivity contribution < 1.29 is 9.53 Å². The van der Waals surface area contributed by atoms with E-state index in [4.69, 9.17) is 0 Å². The van der Waals surface area contributed by atoms with Crippen LogP contribution in [0.25, 0.3) is 0 Å². The van der Waals surface area contributed by atoms with Crippen LogP contribution in [0.5, 0.6) is 0 Å². The van der Waals surface area contributed by atoms with Gasteiger partial charge in [0.1, 0.15) is 11.9 Å². The number of ether oxygens (including phenoxy) is 1. The fourth-order valence-corrected chi connectivity index (χ4v) is 1.73. The van der Waals surface area contributed by atoms with Gasteiger partial charge < -0.3 is 4.74 Å². The summed E-state index contributed by atoms with van der Waals surface area (Å²) in [5.74, 6) is 0.284. The molecule has 1 aliphatic heterocycles. The lowest BCUT2D eigenvalue weighted by Gasteiger charge is -2.10. The molecule has 2 rings (SSSR count). The van der Waals surface area contributed by atoms with E-state index in [2.05, 4.69) is 9.72 Å². The number of nitrogens with zero attached hydrogens (tertiary/aromatic N) is 2. The molecule has 14 heavy (non-hydrogen) atoms. The number of hydrogen-bond acceptors (Lipinski definition) is 4. The minimum absolute atomic E-state index is 0.192. The van der Waals surface area contributed by atoms with E-state index in [1.54, 1.807) is 0 Å². The number of carbonyl (C=O) groups excluding carboxylic acids is 1. The summed E-state index contributed by atoms with van der Waals surface area (Å²) in [7, 11) is 1.32. The second-order valence-electron chi connectivity index (χ2n) is 3.15. The Morgan fingerprint density at radius 3 is 3.21 bits per heavy atom. The van der Waals surface area contributed by atoms with E-state index >= 15 is 0 Å². The molecule has 0 aromatic carbocycles. The highest BCUT2D eigenvalue weighted by molar-refractivity contribution is 5.74. The second-order valence-corrected chi connectivity index (χ2v) is 3.15. The maximum Gasteiger partial charge on any atom is 0.329 e. The number of carbonyl (C=O) groups is 1. The van der Waals surface area contributed by atoms with Crippen LogP contribution < -0.4 is 5.56 Å². The van der Waals surface area contributed by atoms with Crippen LogP contribution in [0.3, 0.4) is 0 Å². The molecule has 0 aliphatic carbocycles.